The van der Waals surface area contributed by atoms with Gasteiger partial charge in [0.15, 0.2) is 34.6 Å². The molecule has 8 heteroatoms. The zero-order chi connectivity index (χ0) is 34.7. The minimum Gasteiger partial charge on any atom is -0.504 e. The molecule has 0 spiro atoms. The van der Waals surface area contributed by atoms with Gasteiger partial charge in [-0.05, 0) is 54.0 Å². The quantitative estimate of drug-likeness (QED) is 0.0580. The number of benzene rings is 2. The average molecular weight is 653 g/mol. The van der Waals surface area contributed by atoms with E-state index in [0.29, 0.717) is 29.0 Å². The molecule has 3 N–H and O–H groups in total. The molecular weight excluding hydrogens is 596 g/mol. The van der Waals surface area contributed by atoms with Crippen molar-refractivity contribution in [2.45, 2.75) is 116 Å². The molecule has 0 aliphatic rings. The van der Waals surface area contributed by atoms with Crippen LogP contribution in [0, 0.1) is 0 Å². The van der Waals surface area contributed by atoms with E-state index in [0.717, 1.165) is 12.8 Å². The molecule has 0 aliphatic heterocycles. The van der Waals surface area contributed by atoms with E-state index in [1.807, 2.05) is 0 Å². The van der Waals surface area contributed by atoms with Crippen LogP contribution in [0.2, 0.25) is 0 Å². The van der Waals surface area contributed by atoms with Crippen molar-refractivity contribution in [3.63, 3.8) is 0 Å². The highest BCUT2D eigenvalue weighted by Crippen LogP contribution is 2.27. The second kappa shape index (κ2) is 26.0. The highest BCUT2D eigenvalue weighted by molar-refractivity contribution is 6.10. The highest BCUT2D eigenvalue weighted by Gasteiger charge is 2.06. The van der Waals surface area contributed by atoms with Gasteiger partial charge in [-0.3, -0.25) is 14.4 Å². The molecule has 0 amide bonds. The number of unbranched alkanes of at least 4 members (excludes halogenated alkanes) is 14. The number of aromatic hydroxyl groups is 2. The van der Waals surface area contributed by atoms with E-state index in [9.17, 15) is 24.6 Å². The van der Waals surface area contributed by atoms with Crippen molar-refractivity contribution in [2.75, 3.05) is 14.2 Å². The summed E-state index contributed by atoms with van der Waals surface area (Å²) >= 11 is 0. The Morgan fingerprint density at radius 3 is 1.30 bits per heavy atom. The Labute approximate surface area is 281 Å². The van der Waals surface area contributed by atoms with Crippen LogP contribution in [0.1, 0.15) is 127 Å². The number of carbonyl (C=O) groups excluding carboxylic acids is 2. The summed E-state index contributed by atoms with van der Waals surface area (Å²) in [7, 11) is 2.87. The number of carbonyl (C=O) groups is 3. The van der Waals surface area contributed by atoms with Crippen LogP contribution in [0.4, 0.5) is 0 Å². The summed E-state index contributed by atoms with van der Waals surface area (Å²) < 4.78 is 10.00. The van der Waals surface area contributed by atoms with Crippen molar-refractivity contribution in [3.05, 3.63) is 59.7 Å². The molecule has 0 heterocycles. The number of phenolic OH excluding ortho intramolecular Hbond substituents is 2. The predicted octanol–water partition coefficient (Wildman–Crippen LogP) is 9.70. The number of allylic oxidation sites excluding steroid dienone is 2. The van der Waals surface area contributed by atoms with Crippen LogP contribution < -0.4 is 9.47 Å². The van der Waals surface area contributed by atoms with E-state index in [-0.39, 0.29) is 29.5 Å². The van der Waals surface area contributed by atoms with Gasteiger partial charge in [0.1, 0.15) is 0 Å². The van der Waals surface area contributed by atoms with E-state index < -0.39 is 5.97 Å². The number of rotatable bonds is 24. The minimum absolute atomic E-state index is 0.00662. The highest BCUT2D eigenvalue weighted by atomic mass is 16.5. The standard InChI is InChI=1S/C21H20O6.C18H36O2/c1-26-20-11-14(5-9-18(20)24)3-7-16(22)13-17(23)8-4-15-6-10-19(25)21(12-15)27-2;1-2-3-4-5-6-7-8-9-10-11-12-13-14-15-16-17-18(19)20/h3-12,24-25H,13H2,1-2H3;2-17H2,1H3,(H,19,20). The molecule has 0 saturated carbocycles. The first-order valence-electron chi connectivity index (χ1n) is 17.1. The molecule has 47 heavy (non-hydrogen) atoms. The Bertz CT molecular complexity index is 1170. The molecule has 0 fully saturated rings. The fourth-order valence-corrected chi connectivity index (χ4v) is 4.91. The normalized spacial score (nSPS) is 11.0. The SMILES string of the molecule is CCCCCCCCCCCCCCCCCC(=O)O.COc1cc(C=CC(=O)CC(=O)C=Cc2ccc(O)c(OC)c2)ccc1O. The summed E-state index contributed by atoms with van der Waals surface area (Å²) in [5, 5.41) is 27.6. The summed E-state index contributed by atoms with van der Waals surface area (Å²) in [6.07, 6.45) is 25.6. The second-order valence-electron chi connectivity index (χ2n) is 11.7. The Morgan fingerprint density at radius 1 is 0.596 bits per heavy atom. The number of aliphatic carboxylic acids is 1. The maximum absolute atomic E-state index is 11.9. The molecule has 8 nitrogen and oxygen atoms in total. The van der Waals surface area contributed by atoms with E-state index in [1.54, 1.807) is 36.4 Å². The number of ketones is 2. The van der Waals surface area contributed by atoms with Gasteiger partial charge in [-0.2, -0.15) is 0 Å². The van der Waals surface area contributed by atoms with Crippen molar-refractivity contribution in [1.29, 1.82) is 0 Å². The van der Waals surface area contributed by atoms with Gasteiger partial charge in [-0.1, -0.05) is 121 Å². The summed E-state index contributed by atoms with van der Waals surface area (Å²) in [4.78, 5) is 34.2. The molecule has 0 unspecified atom stereocenters. The monoisotopic (exact) mass is 652 g/mol. The van der Waals surface area contributed by atoms with Gasteiger partial charge in [0, 0.05) is 6.42 Å². The molecule has 0 atom stereocenters. The number of phenols is 2. The summed E-state index contributed by atoms with van der Waals surface area (Å²) in [5.41, 5.74) is 1.33. The maximum atomic E-state index is 11.9. The van der Waals surface area contributed by atoms with Gasteiger partial charge in [-0.15, -0.1) is 0 Å². The third kappa shape index (κ3) is 20.6. The molecule has 0 aliphatic carbocycles. The molecular formula is C39H56O8. The second-order valence-corrected chi connectivity index (χ2v) is 11.7. The minimum atomic E-state index is -0.653. The van der Waals surface area contributed by atoms with Crippen molar-refractivity contribution in [1.82, 2.24) is 0 Å². The smallest absolute Gasteiger partial charge is 0.303 e. The van der Waals surface area contributed by atoms with Crippen LogP contribution in [0.3, 0.4) is 0 Å². The lowest BCUT2D eigenvalue weighted by molar-refractivity contribution is -0.137. The van der Waals surface area contributed by atoms with Gasteiger partial charge >= 0.3 is 5.97 Å². The predicted molar refractivity (Wildman–Crippen MR) is 189 cm³/mol. The van der Waals surface area contributed by atoms with Crippen LogP contribution in [-0.2, 0) is 14.4 Å². The maximum Gasteiger partial charge on any atom is 0.303 e. The van der Waals surface area contributed by atoms with Gasteiger partial charge in [0.25, 0.3) is 0 Å². The summed E-state index contributed by atoms with van der Waals surface area (Å²) in [6, 6.07) is 9.34. The number of ether oxygens (including phenoxy) is 2. The third-order valence-corrected chi connectivity index (χ3v) is 7.67. The molecule has 2 rings (SSSR count). The molecule has 2 aromatic rings. The molecule has 0 bridgehead atoms. The van der Waals surface area contributed by atoms with Gasteiger partial charge in [0.05, 0.1) is 20.6 Å². The van der Waals surface area contributed by atoms with Crippen molar-refractivity contribution < 1.29 is 39.2 Å². The van der Waals surface area contributed by atoms with Crippen molar-refractivity contribution >= 4 is 29.7 Å². The number of carboxylic acid groups (broad SMARTS) is 1. The van der Waals surface area contributed by atoms with Gasteiger partial charge in [0.2, 0.25) is 0 Å². The zero-order valence-corrected chi connectivity index (χ0v) is 28.7. The molecule has 0 radical (unpaired) electrons. The Hall–Kier alpha value is -4.07. The first-order chi connectivity index (χ1) is 22.7. The topological polar surface area (TPSA) is 130 Å². The number of hydrogen-bond acceptors (Lipinski definition) is 7. The molecule has 0 aromatic heterocycles. The van der Waals surface area contributed by atoms with E-state index in [1.165, 1.54) is 122 Å². The van der Waals surface area contributed by atoms with Crippen molar-refractivity contribution in [3.8, 4) is 23.0 Å². The van der Waals surface area contributed by atoms with Crippen molar-refractivity contribution in [2.24, 2.45) is 0 Å². The van der Waals surface area contributed by atoms with Crippen LogP contribution >= 0.6 is 0 Å². The molecule has 260 valence electrons. The van der Waals surface area contributed by atoms with E-state index in [4.69, 9.17) is 14.6 Å². The fraction of sp³-hybridized carbons (Fsp3) is 0.513. The van der Waals surface area contributed by atoms with Gasteiger partial charge < -0.3 is 24.8 Å². The number of carboxylic acids is 1. The Kier molecular flexibility index (Phi) is 22.7. The average Bonchev–Trinajstić information content (AvgIpc) is 3.06. The molecule has 0 saturated heterocycles. The molecule has 2 aromatic carbocycles. The first kappa shape index (κ1) is 41.0. The largest absolute Gasteiger partial charge is 0.504 e. The zero-order valence-electron chi connectivity index (χ0n) is 28.7. The fourth-order valence-electron chi connectivity index (χ4n) is 4.91. The summed E-state index contributed by atoms with van der Waals surface area (Å²) in [5.74, 6) is -0.736. The van der Waals surface area contributed by atoms with Crippen LogP contribution in [0.5, 0.6) is 23.0 Å². The Balaban J connectivity index is 0.000000494. The number of hydrogen-bond donors (Lipinski definition) is 3. The van der Waals surface area contributed by atoms with Crippen LogP contribution in [0.15, 0.2) is 48.6 Å². The Morgan fingerprint density at radius 2 is 0.957 bits per heavy atom. The van der Waals surface area contributed by atoms with E-state index in [2.05, 4.69) is 6.92 Å². The lowest BCUT2D eigenvalue weighted by atomic mass is 10.0. The van der Waals surface area contributed by atoms with Crippen LogP contribution in [0.25, 0.3) is 12.2 Å². The summed E-state index contributed by atoms with van der Waals surface area (Å²) in [6.45, 7) is 2.27. The van der Waals surface area contributed by atoms with E-state index >= 15 is 0 Å². The first-order valence-corrected chi connectivity index (χ1v) is 17.1. The van der Waals surface area contributed by atoms with Gasteiger partial charge in [-0.25, -0.2) is 0 Å². The third-order valence-electron chi connectivity index (χ3n) is 7.67. The number of methoxy groups -OCH3 is 2. The lowest BCUT2D eigenvalue weighted by Crippen LogP contribution is -2.01. The van der Waals surface area contributed by atoms with Crippen LogP contribution in [-0.4, -0.2) is 47.1 Å². The lowest BCUT2D eigenvalue weighted by Gasteiger charge is -2.03.